The van der Waals surface area contributed by atoms with Gasteiger partial charge in [-0.15, -0.1) is 0 Å². The molecule has 0 bridgehead atoms. The van der Waals surface area contributed by atoms with E-state index in [0.29, 0.717) is 19.1 Å². The molecule has 0 saturated carbocycles. The summed E-state index contributed by atoms with van der Waals surface area (Å²) in [5.41, 5.74) is 0. The van der Waals surface area contributed by atoms with E-state index in [1.165, 1.54) is 83.5 Å². The zero-order chi connectivity index (χ0) is 30.3. The molecule has 1 fully saturated rings. The molecule has 1 aromatic rings. The van der Waals surface area contributed by atoms with Crippen LogP contribution in [0.3, 0.4) is 0 Å². The Labute approximate surface area is 255 Å². The average Bonchev–Trinajstić information content (AvgIpc) is 3.46. The summed E-state index contributed by atoms with van der Waals surface area (Å²) in [5.74, 6) is 0.302. The second-order valence-electron chi connectivity index (χ2n) is 11.8. The van der Waals surface area contributed by atoms with Gasteiger partial charge in [-0.25, -0.2) is 0 Å². The van der Waals surface area contributed by atoms with Crippen LogP contribution in [0.2, 0.25) is 0 Å². The SMILES string of the molecule is CCCCCCCCCCCCCCCCOC[C@H]1CO[C@H](COC(=O)[N+](CC)(C[n+]2ccccc2)C(=O)OCC)C1. The minimum Gasteiger partial charge on any atom is -0.420 e. The molecule has 240 valence electrons. The van der Waals surface area contributed by atoms with Crippen molar-refractivity contribution in [2.24, 2.45) is 5.92 Å². The first-order valence-electron chi connectivity index (χ1n) is 16.9. The van der Waals surface area contributed by atoms with E-state index in [-0.39, 0.29) is 32.5 Å². The molecule has 2 amide bonds. The van der Waals surface area contributed by atoms with Crippen LogP contribution in [-0.4, -0.2) is 62.4 Å². The number of carbonyl (C=O) groups excluding carboxylic acids is 2. The van der Waals surface area contributed by atoms with Crippen LogP contribution in [-0.2, 0) is 25.6 Å². The van der Waals surface area contributed by atoms with Crippen molar-refractivity contribution in [2.75, 3.05) is 39.6 Å². The van der Waals surface area contributed by atoms with Gasteiger partial charge in [0.1, 0.15) is 13.2 Å². The minimum atomic E-state index is -0.617. The molecule has 2 heterocycles. The number of carbonyl (C=O) groups is 2. The summed E-state index contributed by atoms with van der Waals surface area (Å²) in [6, 6.07) is 5.60. The Morgan fingerprint density at radius 3 is 1.90 bits per heavy atom. The Hall–Kier alpha value is -2.03. The monoisotopic (exact) mass is 592 g/mol. The van der Waals surface area contributed by atoms with Gasteiger partial charge in [-0.3, -0.25) is 0 Å². The zero-order valence-electron chi connectivity index (χ0n) is 26.9. The lowest BCUT2D eigenvalue weighted by atomic mass is 10.0. The summed E-state index contributed by atoms with van der Waals surface area (Å²) in [7, 11) is 0. The molecule has 2 rings (SSSR count). The van der Waals surface area contributed by atoms with Crippen molar-refractivity contribution in [3.05, 3.63) is 30.6 Å². The molecule has 42 heavy (non-hydrogen) atoms. The average molecular weight is 593 g/mol. The molecule has 1 unspecified atom stereocenters. The number of pyridine rings is 1. The largest absolute Gasteiger partial charge is 0.532 e. The minimum absolute atomic E-state index is 0.107. The fraction of sp³-hybridized carbons (Fsp3) is 0.794. The van der Waals surface area contributed by atoms with E-state index >= 15 is 0 Å². The number of hydrogen-bond acceptors (Lipinski definition) is 6. The lowest BCUT2D eigenvalue weighted by Gasteiger charge is -2.26. The van der Waals surface area contributed by atoms with Gasteiger partial charge in [0.05, 0.1) is 25.9 Å². The summed E-state index contributed by atoms with van der Waals surface area (Å²) < 4.78 is 24.0. The smallest absolute Gasteiger partial charge is 0.420 e. The van der Waals surface area contributed by atoms with E-state index in [4.69, 9.17) is 18.9 Å². The third-order valence-corrected chi connectivity index (χ3v) is 8.24. The van der Waals surface area contributed by atoms with E-state index < -0.39 is 16.7 Å². The van der Waals surface area contributed by atoms with Gasteiger partial charge >= 0.3 is 12.2 Å². The van der Waals surface area contributed by atoms with Crippen molar-refractivity contribution in [2.45, 2.75) is 130 Å². The van der Waals surface area contributed by atoms with Crippen molar-refractivity contribution in [1.82, 2.24) is 0 Å². The third-order valence-electron chi connectivity index (χ3n) is 8.24. The highest BCUT2D eigenvalue weighted by Gasteiger charge is 2.51. The molecule has 1 aliphatic rings. The van der Waals surface area contributed by atoms with Crippen LogP contribution in [0.25, 0.3) is 0 Å². The first kappa shape index (κ1) is 36.2. The summed E-state index contributed by atoms with van der Waals surface area (Å²) in [5, 5.41) is 0. The predicted octanol–water partition coefficient (Wildman–Crippen LogP) is 7.96. The van der Waals surface area contributed by atoms with E-state index in [2.05, 4.69) is 6.92 Å². The van der Waals surface area contributed by atoms with Crippen LogP contribution in [0.5, 0.6) is 0 Å². The van der Waals surface area contributed by atoms with E-state index in [0.717, 1.165) is 19.4 Å². The second-order valence-corrected chi connectivity index (χ2v) is 11.8. The van der Waals surface area contributed by atoms with Gasteiger partial charge in [0, 0.05) is 24.7 Å². The van der Waals surface area contributed by atoms with Gasteiger partial charge < -0.3 is 18.9 Å². The van der Waals surface area contributed by atoms with E-state index in [9.17, 15) is 9.59 Å². The fourth-order valence-corrected chi connectivity index (χ4v) is 5.55. The summed E-state index contributed by atoms with van der Waals surface area (Å²) >= 11 is 0. The van der Waals surface area contributed by atoms with E-state index in [1.54, 1.807) is 18.4 Å². The highest BCUT2D eigenvalue weighted by atomic mass is 16.6. The summed E-state index contributed by atoms with van der Waals surface area (Å²) in [4.78, 5) is 26.2. The first-order valence-corrected chi connectivity index (χ1v) is 16.9. The van der Waals surface area contributed by atoms with Gasteiger partial charge in [-0.2, -0.15) is 14.2 Å². The highest BCUT2D eigenvalue weighted by Crippen LogP contribution is 2.22. The number of nitrogens with zero attached hydrogens (tertiary/aromatic N) is 2. The third kappa shape index (κ3) is 14.0. The summed E-state index contributed by atoms with van der Waals surface area (Å²) in [6.07, 6.45) is 22.0. The zero-order valence-corrected chi connectivity index (χ0v) is 26.9. The van der Waals surface area contributed by atoms with Gasteiger partial charge in [0.2, 0.25) is 0 Å². The maximum absolute atomic E-state index is 13.2. The van der Waals surface area contributed by atoms with Gasteiger partial charge in [-0.05, 0) is 26.7 Å². The molecule has 0 aromatic carbocycles. The van der Waals surface area contributed by atoms with Crippen molar-refractivity contribution >= 4 is 12.2 Å². The Kier molecular flexibility index (Phi) is 19.4. The standard InChI is InChI=1S/C34H60N2O6/c1-4-7-8-9-10-11-12-13-14-15-16-17-18-22-25-39-27-31-26-32(41-28-31)29-42-34(38)36(5-2,33(37)40-6-3)30-35-23-20-19-21-24-35/h19-21,23-24,31-32H,4-18,22,25-30H2,1-3H3/q+2/t31-,32-,36?/m0/s1. The van der Waals surface area contributed by atoms with Crippen LogP contribution in [0, 0.1) is 5.92 Å². The van der Waals surface area contributed by atoms with Crippen molar-refractivity contribution in [1.29, 1.82) is 0 Å². The Morgan fingerprint density at radius 1 is 0.762 bits per heavy atom. The number of quaternary nitrogens is 1. The molecule has 8 nitrogen and oxygen atoms in total. The second kappa shape index (κ2) is 22.5. The molecule has 0 N–H and O–H groups in total. The number of ether oxygens (including phenoxy) is 4. The Bertz CT molecular complexity index is 839. The maximum Gasteiger partial charge on any atom is 0.532 e. The van der Waals surface area contributed by atoms with Crippen LogP contribution in [0.15, 0.2) is 30.6 Å². The quantitative estimate of drug-likeness (QED) is 0.0729. The van der Waals surface area contributed by atoms with Crippen LogP contribution in [0.1, 0.15) is 117 Å². The molecule has 0 aliphatic carbocycles. The normalized spacial score (nSPS) is 18.1. The summed E-state index contributed by atoms with van der Waals surface area (Å²) in [6.45, 7) is 8.51. The van der Waals surface area contributed by atoms with Gasteiger partial charge in [0.15, 0.2) is 12.4 Å². The van der Waals surface area contributed by atoms with Crippen LogP contribution >= 0.6 is 0 Å². The Morgan fingerprint density at radius 2 is 1.33 bits per heavy atom. The Balaban J connectivity index is 1.55. The number of amides is 2. The predicted molar refractivity (Wildman–Crippen MR) is 165 cm³/mol. The molecule has 0 radical (unpaired) electrons. The van der Waals surface area contributed by atoms with E-state index in [1.807, 2.05) is 30.6 Å². The number of aromatic nitrogens is 1. The lowest BCUT2D eigenvalue weighted by molar-refractivity contribution is -0.959. The number of hydrogen-bond donors (Lipinski definition) is 0. The molecule has 3 atom stereocenters. The molecular weight excluding hydrogens is 532 g/mol. The van der Waals surface area contributed by atoms with Crippen LogP contribution in [0.4, 0.5) is 9.59 Å². The molecule has 1 saturated heterocycles. The van der Waals surface area contributed by atoms with Gasteiger partial charge in [-0.1, -0.05) is 101 Å². The van der Waals surface area contributed by atoms with Crippen LogP contribution < -0.4 is 4.57 Å². The lowest BCUT2D eigenvalue weighted by Crippen LogP contribution is -2.63. The van der Waals surface area contributed by atoms with Crippen molar-refractivity contribution in [3.63, 3.8) is 0 Å². The molecule has 1 aliphatic heterocycles. The molecular formula is C34H60N2O6+2. The topological polar surface area (TPSA) is 74.9 Å². The first-order chi connectivity index (χ1) is 20.6. The maximum atomic E-state index is 13.2. The molecule has 0 spiro atoms. The molecule has 1 aromatic heterocycles. The number of imide groups is 1. The van der Waals surface area contributed by atoms with Crippen molar-refractivity contribution in [3.8, 4) is 0 Å². The number of rotatable bonds is 23. The number of unbranched alkanes of at least 4 members (excludes halogenated alkanes) is 13. The van der Waals surface area contributed by atoms with Gasteiger partial charge in [0.25, 0.3) is 6.67 Å². The fourth-order valence-electron chi connectivity index (χ4n) is 5.55. The highest BCUT2D eigenvalue weighted by molar-refractivity contribution is 5.75. The van der Waals surface area contributed by atoms with Crippen molar-refractivity contribution < 1.29 is 37.6 Å². The molecule has 8 heteroatoms.